The summed E-state index contributed by atoms with van der Waals surface area (Å²) in [6.07, 6.45) is 8.71. The van der Waals surface area contributed by atoms with Crippen LogP contribution in [-0.4, -0.2) is 38.1 Å². The molecule has 0 aromatic carbocycles. The summed E-state index contributed by atoms with van der Waals surface area (Å²) in [4.78, 5) is 2.56. The summed E-state index contributed by atoms with van der Waals surface area (Å²) in [7, 11) is 4.45. The molecule has 0 amide bonds. The molecule has 0 heterocycles. The van der Waals surface area contributed by atoms with Gasteiger partial charge in [-0.3, -0.25) is 0 Å². The van der Waals surface area contributed by atoms with Crippen LogP contribution in [0, 0.1) is 17.8 Å². The van der Waals surface area contributed by atoms with Gasteiger partial charge in [0, 0.05) is 19.1 Å². The van der Waals surface area contributed by atoms with Crippen LogP contribution in [0.4, 0.5) is 0 Å². The largest absolute Gasteiger partial charge is 0.315 e. The van der Waals surface area contributed by atoms with E-state index in [1.807, 2.05) is 0 Å². The maximum atomic E-state index is 3.57. The fraction of sp³-hybridized carbons (Fsp3) is 1.00. The normalized spacial score (nSPS) is 31.8. The van der Waals surface area contributed by atoms with Crippen LogP contribution in [0.5, 0.6) is 0 Å². The highest BCUT2D eigenvalue weighted by Gasteiger charge is 2.33. The highest BCUT2D eigenvalue weighted by atomic mass is 15.1. The van der Waals surface area contributed by atoms with Crippen molar-refractivity contribution in [2.24, 2.45) is 17.8 Å². The Morgan fingerprint density at radius 3 is 2.41 bits per heavy atom. The highest BCUT2D eigenvalue weighted by Crippen LogP contribution is 2.38. The number of hydrogen-bond donors (Lipinski definition) is 1. The summed E-state index contributed by atoms with van der Waals surface area (Å²) in [6, 6.07) is 0.717. The predicted molar refractivity (Wildman–Crippen MR) is 74.2 cm³/mol. The summed E-state index contributed by atoms with van der Waals surface area (Å²) in [6.45, 7) is 4.94. The molecule has 2 aliphatic carbocycles. The molecule has 0 saturated heterocycles. The molecule has 2 aliphatic rings. The molecule has 0 aromatic rings. The van der Waals surface area contributed by atoms with E-state index < -0.39 is 0 Å². The summed E-state index contributed by atoms with van der Waals surface area (Å²) in [5.74, 6) is 2.90. The molecule has 3 unspecified atom stereocenters. The predicted octanol–water partition coefficient (Wildman–Crippen LogP) is 2.74. The molecular weight excluding hydrogens is 208 g/mol. The van der Waals surface area contributed by atoms with Crippen LogP contribution >= 0.6 is 0 Å². The molecule has 1 N–H and O–H groups in total. The zero-order valence-corrected chi connectivity index (χ0v) is 11.9. The van der Waals surface area contributed by atoms with Gasteiger partial charge < -0.3 is 10.2 Å². The van der Waals surface area contributed by atoms with Gasteiger partial charge in [-0.2, -0.15) is 0 Å². The third-order valence-electron chi connectivity index (χ3n) is 4.92. The van der Waals surface area contributed by atoms with E-state index in [9.17, 15) is 0 Å². The van der Waals surface area contributed by atoms with Gasteiger partial charge in [0.15, 0.2) is 0 Å². The monoisotopic (exact) mass is 238 g/mol. The Labute approximate surface area is 107 Å². The summed E-state index contributed by atoms with van der Waals surface area (Å²) < 4.78 is 0. The Morgan fingerprint density at radius 2 is 1.88 bits per heavy atom. The van der Waals surface area contributed by atoms with Gasteiger partial charge in [-0.1, -0.05) is 26.2 Å². The van der Waals surface area contributed by atoms with Gasteiger partial charge in [-0.25, -0.2) is 0 Å². The number of nitrogens with one attached hydrogen (secondary N) is 1. The number of rotatable bonds is 6. The van der Waals surface area contributed by atoms with Gasteiger partial charge in [-0.15, -0.1) is 0 Å². The maximum absolute atomic E-state index is 3.57. The first kappa shape index (κ1) is 13.4. The topological polar surface area (TPSA) is 15.3 Å². The Kier molecular flexibility index (Phi) is 4.87. The van der Waals surface area contributed by atoms with Crippen molar-refractivity contribution in [3.8, 4) is 0 Å². The highest BCUT2D eigenvalue weighted by molar-refractivity contribution is 4.86. The van der Waals surface area contributed by atoms with Crippen LogP contribution in [0.25, 0.3) is 0 Å². The van der Waals surface area contributed by atoms with Gasteiger partial charge in [0.05, 0.1) is 0 Å². The first-order valence-electron chi connectivity index (χ1n) is 7.56. The van der Waals surface area contributed by atoms with Gasteiger partial charge in [-0.05, 0) is 51.1 Å². The van der Waals surface area contributed by atoms with Gasteiger partial charge in [0.1, 0.15) is 0 Å². The lowest BCUT2D eigenvalue weighted by molar-refractivity contribution is 0.206. The van der Waals surface area contributed by atoms with Crippen molar-refractivity contribution in [2.45, 2.75) is 51.5 Å². The summed E-state index contributed by atoms with van der Waals surface area (Å²) in [5.41, 5.74) is 0. The molecule has 100 valence electrons. The molecule has 2 fully saturated rings. The van der Waals surface area contributed by atoms with Crippen molar-refractivity contribution < 1.29 is 0 Å². The van der Waals surface area contributed by atoms with E-state index in [1.54, 1.807) is 0 Å². The molecule has 2 saturated carbocycles. The van der Waals surface area contributed by atoms with Gasteiger partial charge >= 0.3 is 0 Å². The molecule has 0 bridgehead atoms. The summed E-state index contributed by atoms with van der Waals surface area (Å²) >= 11 is 0. The van der Waals surface area contributed by atoms with Crippen LogP contribution in [0.3, 0.4) is 0 Å². The van der Waals surface area contributed by atoms with E-state index in [0.29, 0.717) is 6.04 Å². The minimum absolute atomic E-state index is 0.717. The van der Waals surface area contributed by atoms with Gasteiger partial charge in [0.25, 0.3) is 0 Å². The van der Waals surface area contributed by atoms with E-state index in [4.69, 9.17) is 0 Å². The van der Waals surface area contributed by atoms with Crippen molar-refractivity contribution in [3.63, 3.8) is 0 Å². The molecule has 3 atom stereocenters. The minimum Gasteiger partial charge on any atom is -0.315 e. The average molecular weight is 238 g/mol. The Hall–Kier alpha value is -0.0800. The Morgan fingerprint density at radius 1 is 1.24 bits per heavy atom. The third-order valence-corrected chi connectivity index (χ3v) is 4.92. The van der Waals surface area contributed by atoms with Crippen LogP contribution in [0.15, 0.2) is 0 Å². The van der Waals surface area contributed by atoms with E-state index in [-0.39, 0.29) is 0 Å². The molecule has 0 spiro atoms. The van der Waals surface area contributed by atoms with Crippen LogP contribution < -0.4 is 5.32 Å². The van der Waals surface area contributed by atoms with Crippen LogP contribution in [-0.2, 0) is 0 Å². The van der Waals surface area contributed by atoms with Gasteiger partial charge in [0.2, 0.25) is 0 Å². The molecule has 17 heavy (non-hydrogen) atoms. The third kappa shape index (κ3) is 3.96. The Balaban J connectivity index is 1.73. The zero-order valence-electron chi connectivity index (χ0n) is 11.9. The SMILES string of the molecule is CNC(CN(C)CC1CC1C)C1CCCCC1. The lowest BCUT2D eigenvalue weighted by atomic mass is 9.83. The number of nitrogens with zero attached hydrogens (tertiary/aromatic N) is 1. The number of hydrogen-bond acceptors (Lipinski definition) is 2. The van der Waals surface area contributed by atoms with E-state index >= 15 is 0 Å². The zero-order chi connectivity index (χ0) is 12.3. The second kappa shape index (κ2) is 6.19. The first-order valence-corrected chi connectivity index (χ1v) is 7.56. The standard InChI is InChI=1S/C15H30N2/c1-12-9-14(12)10-17(3)11-15(16-2)13-7-5-4-6-8-13/h12-16H,4-11H2,1-3H3. The summed E-state index contributed by atoms with van der Waals surface area (Å²) in [5, 5.41) is 3.57. The second-order valence-electron chi connectivity index (χ2n) is 6.49. The molecule has 2 nitrogen and oxygen atoms in total. The molecular formula is C15H30N2. The molecule has 2 heteroatoms. The van der Waals surface area contributed by atoms with E-state index in [1.165, 1.54) is 51.6 Å². The lowest BCUT2D eigenvalue weighted by Gasteiger charge is -2.33. The lowest BCUT2D eigenvalue weighted by Crippen LogP contribution is -2.44. The molecule has 0 radical (unpaired) electrons. The quantitative estimate of drug-likeness (QED) is 0.765. The second-order valence-corrected chi connectivity index (χ2v) is 6.49. The molecule has 0 aromatic heterocycles. The van der Waals surface area contributed by atoms with Crippen molar-refractivity contribution in [3.05, 3.63) is 0 Å². The smallest absolute Gasteiger partial charge is 0.0220 e. The fourth-order valence-electron chi connectivity index (χ4n) is 3.48. The van der Waals surface area contributed by atoms with Crippen LogP contribution in [0.2, 0.25) is 0 Å². The first-order chi connectivity index (χ1) is 8.20. The van der Waals surface area contributed by atoms with Crippen molar-refractivity contribution >= 4 is 0 Å². The minimum atomic E-state index is 0.717. The number of likely N-dealkylation sites (N-methyl/N-ethyl adjacent to an activating group) is 2. The average Bonchev–Trinajstić information content (AvgIpc) is 3.03. The Bertz CT molecular complexity index is 223. The maximum Gasteiger partial charge on any atom is 0.0220 e. The van der Waals surface area contributed by atoms with Crippen molar-refractivity contribution in [1.29, 1.82) is 0 Å². The van der Waals surface area contributed by atoms with Crippen molar-refractivity contribution in [1.82, 2.24) is 10.2 Å². The molecule has 2 rings (SSSR count). The van der Waals surface area contributed by atoms with Crippen LogP contribution in [0.1, 0.15) is 45.4 Å². The van der Waals surface area contributed by atoms with E-state index in [0.717, 1.165) is 17.8 Å². The van der Waals surface area contributed by atoms with Crippen molar-refractivity contribution in [2.75, 3.05) is 27.2 Å². The fourth-order valence-corrected chi connectivity index (χ4v) is 3.48. The van der Waals surface area contributed by atoms with E-state index in [2.05, 4.69) is 31.2 Å². The molecule has 0 aliphatic heterocycles.